The number of hydrogen-bond donors (Lipinski definition) is 1. The highest BCUT2D eigenvalue weighted by Crippen LogP contribution is 2.66. The maximum Gasteiger partial charge on any atom is 0.159 e. The minimum atomic E-state index is -2.86. The van der Waals surface area contributed by atoms with E-state index in [1.807, 2.05) is 6.08 Å². The van der Waals surface area contributed by atoms with Crippen LogP contribution in [0.4, 0.5) is 0 Å². The lowest BCUT2D eigenvalue weighted by atomic mass is 9.46. The van der Waals surface area contributed by atoms with Crippen LogP contribution in [0, 0.1) is 46.3 Å². The van der Waals surface area contributed by atoms with Crippen molar-refractivity contribution >= 4 is 5.78 Å². The zero-order valence-corrected chi connectivity index (χ0v) is 18.5. The summed E-state index contributed by atoms with van der Waals surface area (Å²) in [4.78, 5) is 13.5. The molecular weight excluding hydrogens is 356 g/mol. The lowest BCUT2D eigenvalue weighted by Crippen LogP contribution is -2.53. The van der Waals surface area contributed by atoms with Gasteiger partial charge >= 0.3 is 0 Å². The normalized spacial score (nSPS) is 50.2. The van der Waals surface area contributed by atoms with Gasteiger partial charge in [0.2, 0.25) is 0 Å². The summed E-state index contributed by atoms with van der Waals surface area (Å²) in [6, 6.07) is 0. The van der Waals surface area contributed by atoms with E-state index in [2.05, 4.69) is 20.8 Å². The molecular formula is C27H44O2. The number of fused-ring (bicyclic) bond motifs is 5. The molecule has 0 bridgehead atoms. The Labute approximate surface area is 188 Å². The Balaban J connectivity index is 1.47. The van der Waals surface area contributed by atoms with Gasteiger partial charge in [0.15, 0.2) is 5.78 Å². The molecule has 29 heavy (non-hydrogen) atoms. The van der Waals surface area contributed by atoms with E-state index >= 15 is 0 Å². The van der Waals surface area contributed by atoms with Crippen LogP contribution < -0.4 is 0 Å². The van der Waals surface area contributed by atoms with Gasteiger partial charge in [0.1, 0.15) is 0 Å². The van der Waals surface area contributed by atoms with Gasteiger partial charge < -0.3 is 5.11 Å². The summed E-state index contributed by atoms with van der Waals surface area (Å²) in [5.41, 5.74) is 1.20. The molecule has 4 aliphatic rings. The van der Waals surface area contributed by atoms with Crippen molar-refractivity contribution in [1.29, 1.82) is 0 Å². The highest BCUT2D eigenvalue weighted by atomic mass is 16.3. The summed E-state index contributed by atoms with van der Waals surface area (Å²) in [5, 5.41) is 10.2. The van der Waals surface area contributed by atoms with Gasteiger partial charge in [-0.25, -0.2) is 0 Å². The Morgan fingerprint density at radius 2 is 1.97 bits per heavy atom. The molecule has 1 N–H and O–H groups in total. The molecule has 0 radical (unpaired) electrons. The van der Waals surface area contributed by atoms with E-state index in [1.54, 1.807) is 0 Å². The third-order valence-electron chi connectivity index (χ3n) is 9.77. The molecule has 4 rings (SSSR count). The summed E-state index contributed by atoms with van der Waals surface area (Å²) < 4.78 is 54.4. The van der Waals surface area contributed by atoms with Crippen LogP contribution in [0.25, 0.3) is 0 Å². The number of hydrogen-bond acceptors (Lipinski definition) is 2. The maximum atomic E-state index is 13.5. The fourth-order valence-corrected chi connectivity index (χ4v) is 8.16. The second-order valence-corrected chi connectivity index (χ2v) is 11.2. The van der Waals surface area contributed by atoms with Crippen molar-refractivity contribution in [2.45, 2.75) is 105 Å². The molecule has 8 unspecified atom stereocenters. The van der Waals surface area contributed by atoms with E-state index in [0.717, 1.165) is 44.1 Å². The summed E-state index contributed by atoms with van der Waals surface area (Å²) in [6.45, 7) is 1.13. The standard InChI is InChI=1S/C27H44O2/c1-17(2)7-6-8-18(3)21-9-10-22-25-23(12-14-27(21,22)5)26(4)13-11-20(28)15-19(26)16-24(25)29/h16-18,20-23,25,28H,6-15H2,1-5H3/i1D3,2D3,17D. The van der Waals surface area contributed by atoms with E-state index in [1.165, 1.54) is 0 Å². The summed E-state index contributed by atoms with van der Waals surface area (Å²) in [6.07, 6.45) is 8.98. The van der Waals surface area contributed by atoms with Crippen LogP contribution in [0.1, 0.15) is 108 Å². The van der Waals surface area contributed by atoms with Gasteiger partial charge in [-0.1, -0.05) is 59.3 Å². The number of aliphatic hydroxyl groups excluding tert-OH is 1. The molecule has 4 aliphatic carbocycles. The second-order valence-electron chi connectivity index (χ2n) is 11.2. The van der Waals surface area contributed by atoms with Crippen molar-refractivity contribution in [3.8, 4) is 0 Å². The van der Waals surface area contributed by atoms with Gasteiger partial charge in [-0.2, -0.15) is 0 Å². The molecule has 3 saturated carbocycles. The minimum absolute atomic E-state index is 0.00481. The van der Waals surface area contributed by atoms with Crippen LogP contribution in [-0.2, 0) is 4.79 Å². The van der Waals surface area contributed by atoms with Gasteiger partial charge in [-0.15, -0.1) is 0 Å². The van der Waals surface area contributed by atoms with Gasteiger partial charge in [-0.3, -0.25) is 4.79 Å². The molecule has 3 fully saturated rings. The average Bonchev–Trinajstić information content (AvgIpc) is 3.10. The monoisotopic (exact) mass is 407 g/mol. The van der Waals surface area contributed by atoms with Crippen LogP contribution >= 0.6 is 0 Å². The minimum Gasteiger partial charge on any atom is -0.393 e. The van der Waals surface area contributed by atoms with Gasteiger partial charge in [0.25, 0.3) is 0 Å². The number of ketones is 1. The third kappa shape index (κ3) is 3.56. The second kappa shape index (κ2) is 7.81. The molecule has 0 aromatic heterocycles. The topological polar surface area (TPSA) is 37.3 Å². The van der Waals surface area contributed by atoms with Crippen LogP contribution in [-0.4, -0.2) is 17.0 Å². The highest BCUT2D eigenvalue weighted by molar-refractivity contribution is 5.94. The molecule has 2 heteroatoms. The van der Waals surface area contributed by atoms with Gasteiger partial charge in [0, 0.05) is 15.5 Å². The van der Waals surface area contributed by atoms with E-state index in [0.29, 0.717) is 37.0 Å². The Hall–Kier alpha value is -0.630. The number of rotatable bonds is 5. The van der Waals surface area contributed by atoms with Crippen molar-refractivity contribution in [2.24, 2.45) is 46.3 Å². The molecule has 8 atom stereocenters. The van der Waals surface area contributed by atoms with Crippen LogP contribution in [0.5, 0.6) is 0 Å². The highest BCUT2D eigenvalue weighted by Gasteiger charge is 2.61. The molecule has 0 heterocycles. The Morgan fingerprint density at radius 3 is 2.72 bits per heavy atom. The Kier molecular flexibility index (Phi) is 3.89. The number of allylic oxidation sites excluding steroid dienone is 1. The van der Waals surface area contributed by atoms with Gasteiger partial charge in [-0.05, 0) is 91.4 Å². The average molecular weight is 408 g/mol. The number of carbonyl (C=O) groups excluding carboxylic acids is 1. The zero-order chi connectivity index (χ0) is 26.9. The van der Waals surface area contributed by atoms with Crippen LogP contribution in [0.2, 0.25) is 0 Å². The lowest BCUT2D eigenvalue weighted by molar-refractivity contribution is -0.135. The Bertz CT molecular complexity index is 880. The molecule has 0 aromatic carbocycles. The molecule has 2 nitrogen and oxygen atoms in total. The zero-order valence-electron chi connectivity index (χ0n) is 25.5. The molecule has 0 spiro atoms. The fourth-order valence-electron chi connectivity index (χ4n) is 8.16. The summed E-state index contributed by atoms with van der Waals surface area (Å²) >= 11 is 0. The summed E-state index contributed by atoms with van der Waals surface area (Å²) in [7, 11) is 0. The first kappa shape index (κ1) is 14.4. The van der Waals surface area contributed by atoms with Crippen molar-refractivity contribution in [3.05, 3.63) is 11.6 Å². The van der Waals surface area contributed by atoms with Crippen molar-refractivity contribution < 1.29 is 19.5 Å². The largest absolute Gasteiger partial charge is 0.393 e. The van der Waals surface area contributed by atoms with Gasteiger partial charge in [0.05, 0.1) is 6.10 Å². The van der Waals surface area contributed by atoms with Crippen LogP contribution in [0.15, 0.2) is 11.6 Å². The molecule has 164 valence electrons. The van der Waals surface area contributed by atoms with Crippen molar-refractivity contribution in [2.75, 3.05) is 0 Å². The third-order valence-corrected chi connectivity index (χ3v) is 9.77. The lowest BCUT2D eigenvalue weighted by Gasteiger charge is -2.57. The molecule has 0 aliphatic heterocycles. The first-order valence-corrected chi connectivity index (χ1v) is 11.9. The predicted molar refractivity (Wildman–Crippen MR) is 119 cm³/mol. The molecule has 0 amide bonds. The van der Waals surface area contributed by atoms with Crippen LogP contribution in [0.3, 0.4) is 0 Å². The first-order valence-electron chi connectivity index (χ1n) is 15.4. The van der Waals surface area contributed by atoms with E-state index in [4.69, 9.17) is 9.60 Å². The Morgan fingerprint density at radius 1 is 1.17 bits per heavy atom. The SMILES string of the molecule is [2H]C([2H])([2H])C([2H])(CCCC(C)C1CCC2C3C(=O)C=C4CC(O)CCC4(C)C3CCC12C)C([2H])([2H])[2H]. The quantitative estimate of drug-likeness (QED) is 0.560. The maximum absolute atomic E-state index is 13.5. The van der Waals surface area contributed by atoms with E-state index < -0.39 is 19.6 Å². The van der Waals surface area contributed by atoms with E-state index in [9.17, 15) is 9.90 Å². The fraction of sp³-hybridized carbons (Fsp3) is 0.889. The predicted octanol–water partition coefficient (Wildman–Crippen LogP) is 6.57. The molecule has 0 aromatic rings. The summed E-state index contributed by atoms with van der Waals surface area (Å²) in [5.74, 6) is -0.800. The van der Waals surface area contributed by atoms with Crippen molar-refractivity contribution in [3.63, 3.8) is 0 Å². The van der Waals surface area contributed by atoms with E-state index in [-0.39, 0.29) is 41.0 Å². The smallest absolute Gasteiger partial charge is 0.159 e. The number of carbonyl (C=O) groups is 1. The van der Waals surface area contributed by atoms with Crippen molar-refractivity contribution in [1.82, 2.24) is 0 Å². The molecule has 0 saturated heterocycles. The number of aliphatic hydroxyl groups is 1. The first-order chi connectivity index (χ1) is 16.5.